The van der Waals surface area contributed by atoms with Gasteiger partial charge in [-0.3, -0.25) is 4.79 Å². The van der Waals surface area contributed by atoms with E-state index in [2.05, 4.69) is 24.1 Å². The number of aliphatic hydroxyl groups is 1. The Morgan fingerprint density at radius 1 is 1.18 bits per heavy atom. The van der Waals surface area contributed by atoms with Gasteiger partial charge in [0.1, 0.15) is 0 Å². The first-order valence-electron chi connectivity index (χ1n) is 12.5. The van der Waals surface area contributed by atoms with Gasteiger partial charge in [-0.1, -0.05) is 58.4 Å². The molecule has 0 aromatic carbocycles. The van der Waals surface area contributed by atoms with Crippen molar-refractivity contribution in [3.05, 3.63) is 23.9 Å². The quantitative estimate of drug-likeness (QED) is 0.226. The summed E-state index contributed by atoms with van der Waals surface area (Å²) in [4.78, 5) is 12.3. The molecule has 2 aliphatic carbocycles. The third-order valence-corrected chi connectivity index (χ3v) is 6.96. The molecular weight excluding hydrogens is 429 g/mol. The van der Waals surface area contributed by atoms with Crippen molar-refractivity contribution in [1.29, 1.82) is 0 Å². The Morgan fingerprint density at radius 3 is 2.24 bits per heavy atom. The minimum Gasteiger partial charge on any atom is -0.395 e. The Balaban J connectivity index is 0.000000568. The fourth-order valence-electron chi connectivity index (χ4n) is 4.01. The van der Waals surface area contributed by atoms with Crippen LogP contribution in [0, 0.1) is 11.3 Å². The Kier molecular flexibility index (Phi) is 12.2. The summed E-state index contributed by atoms with van der Waals surface area (Å²) in [5.74, 6) is 0.808. The third kappa shape index (κ3) is 10.6. The summed E-state index contributed by atoms with van der Waals surface area (Å²) in [5, 5.41) is 15.1. The molecule has 0 spiro atoms. The maximum Gasteiger partial charge on any atom is 0.389 e. The van der Waals surface area contributed by atoms with Crippen LogP contribution in [-0.4, -0.2) is 35.9 Å². The predicted octanol–water partition coefficient (Wildman–Crippen LogP) is 6.41. The van der Waals surface area contributed by atoms with Crippen LogP contribution in [0.15, 0.2) is 23.9 Å². The summed E-state index contributed by atoms with van der Waals surface area (Å²) in [5.41, 5.74) is 0.111. The van der Waals surface area contributed by atoms with E-state index in [0.717, 1.165) is 30.8 Å². The topological polar surface area (TPSA) is 61.4 Å². The molecular formula is C26H45F3N2O2. The molecule has 0 saturated heterocycles. The fourth-order valence-corrected chi connectivity index (χ4v) is 4.01. The second kappa shape index (κ2) is 13.5. The first-order chi connectivity index (χ1) is 15.3. The van der Waals surface area contributed by atoms with Gasteiger partial charge in [-0.2, -0.15) is 13.2 Å². The zero-order valence-electron chi connectivity index (χ0n) is 21.0. The lowest BCUT2D eigenvalue weighted by Gasteiger charge is -2.41. The summed E-state index contributed by atoms with van der Waals surface area (Å²) < 4.78 is 36.4. The molecule has 2 aliphatic rings. The van der Waals surface area contributed by atoms with Gasteiger partial charge in [-0.15, -0.1) is 0 Å². The summed E-state index contributed by atoms with van der Waals surface area (Å²) >= 11 is 0. The minimum atomic E-state index is -4.18. The van der Waals surface area contributed by atoms with Crippen LogP contribution in [-0.2, 0) is 4.79 Å². The van der Waals surface area contributed by atoms with Crippen LogP contribution >= 0.6 is 0 Å². The number of carbonyl (C=O) groups is 1. The van der Waals surface area contributed by atoms with Gasteiger partial charge in [-0.25, -0.2) is 0 Å². The molecule has 2 fully saturated rings. The van der Waals surface area contributed by atoms with Crippen molar-refractivity contribution in [3.8, 4) is 0 Å². The minimum absolute atomic E-state index is 0.0375. The Bertz CT molecular complexity index is 643. The number of rotatable bonds is 12. The first-order valence-corrected chi connectivity index (χ1v) is 12.5. The van der Waals surface area contributed by atoms with E-state index in [1.807, 2.05) is 0 Å². The van der Waals surface area contributed by atoms with E-state index in [1.165, 1.54) is 38.5 Å². The lowest BCUT2D eigenvalue weighted by molar-refractivity contribution is -0.135. The molecule has 0 aromatic rings. The molecule has 0 heterocycles. The number of carbonyl (C=O) groups excluding carboxylic acids is 1. The van der Waals surface area contributed by atoms with Gasteiger partial charge in [0.15, 0.2) is 0 Å². The smallest absolute Gasteiger partial charge is 0.389 e. The van der Waals surface area contributed by atoms with Gasteiger partial charge in [-0.05, 0) is 64.1 Å². The van der Waals surface area contributed by atoms with Crippen LogP contribution in [0.1, 0.15) is 98.3 Å². The third-order valence-electron chi connectivity index (χ3n) is 6.96. The molecule has 0 aliphatic heterocycles. The van der Waals surface area contributed by atoms with Gasteiger partial charge >= 0.3 is 6.18 Å². The highest BCUT2D eigenvalue weighted by atomic mass is 19.4. The molecule has 2 saturated carbocycles. The van der Waals surface area contributed by atoms with Crippen molar-refractivity contribution in [2.75, 3.05) is 13.2 Å². The van der Waals surface area contributed by atoms with Gasteiger partial charge in [0, 0.05) is 17.5 Å². The van der Waals surface area contributed by atoms with Crippen molar-refractivity contribution in [2.45, 2.75) is 110 Å². The zero-order chi connectivity index (χ0) is 25.1. The molecule has 192 valence electrons. The van der Waals surface area contributed by atoms with Gasteiger partial charge in [0.05, 0.1) is 12.1 Å². The van der Waals surface area contributed by atoms with Gasteiger partial charge in [0.25, 0.3) is 0 Å². The molecule has 0 radical (unpaired) electrons. The average molecular weight is 475 g/mol. The lowest BCUT2D eigenvalue weighted by Crippen LogP contribution is -2.52. The van der Waals surface area contributed by atoms with Gasteiger partial charge in [0.2, 0.25) is 5.91 Å². The van der Waals surface area contributed by atoms with Crippen molar-refractivity contribution >= 4 is 5.91 Å². The van der Waals surface area contributed by atoms with Gasteiger partial charge < -0.3 is 15.7 Å². The van der Waals surface area contributed by atoms with Crippen LogP contribution in [0.4, 0.5) is 13.2 Å². The van der Waals surface area contributed by atoms with Crippen LogP contribution in [0.2, 0.25) is 0 Å². The SMILES string of the molecule is C=C(/C=C(\C)NC(=O)C(C)(C)NCCCC(F)(F)F)C1(CO)CCC1.CCCCC1CCC1. The number of aliphatic hydroxyl groups excluding tert-OH is 1. The molecule has 33 heavy (non-hydrogen) atoms. The highest BCUT2D eigenvalue weighted by Gasteiger charge is 2.38. The van der Waals surface area contributed by atoms with Crippen LogP contribution in [0.5, 0.6) is 0 Å². The molecule has 0 bridgehead atoms. The standard InChI is InChI=1S/C18H29F3N2O2.C8H16/c1-13(17(12-24)7-5-8-17)11-14(2)23-15(25)16(3,4)22-10-6-9-18(19,20)21;1-2-3-5-8-6-4-7-8/h11,22,24H,1,5-10,12H2,2-4H3,(H,23,25);8H,2-7H2,1H3/b14-11+;. The van der Waals surface area contributed by atoms with E-state index in [1.54, 1.807) is 26.8 Å². The number of allylic oxidation sites excluding steroid dienone is 2. The number of unbranched alkanes of at least 4 members (excludes halogenated alkanes) is 1. The molecule has 3 N–H and O–H groups in total. The normalized spacial score (nSPS) is 18.5. The summed E-state index contributed by atoms with van der Waals surface area (Å²) in [6.07, 6.45) is 8.36. The molecule has 0 atom stereocenters. The van der Waals surface area contributed by atoms with E-state index in [4.69, 9.17) is 0 Å². The molecule has 7 heteroatoms. The summed E-state index contributed by atoms with van der Waals surface area (Å²) in [6, 6.07) is 0. The van der Waals surface area contributed by atoms with E-state index in [-0.39, 0.29) is 30.9 Å². The Labute approximate surface area is 198 Å². The van der Waals surface area contributed by atoms with E-state index in [9.17, 15) is 23.1 Å². The molecule has 2 rings (SSSR count). The van der Waals surface area contributed by atoms with Crippen LogP contribution in [0.3, 0.4) is 0 Å². The number of nitrogens with one attached hydrogen (secondary N) is 2. The number of hydrogen-bond acceptors (Lipinski definition) is 3. The number of alkyl halides is 3. The second-order valence-corrected chi connectivity index (χ2v) is 10.3. The zero-order valence-corrected chi connectivity index (χ0v) is 21.0. The van der Waals surface area contributed by atoms with Crippen molar-refractivity contribution in [2.24, 2.45) is 11.3 Å². The Hall–Kier alpha value is -1.34. The number of halogens is 3. The monoisotopic (exact) mass is 474 g/mol. The van der Waals surface area contributed by atoms with Crippen LogP contribution in [0.25, 0.3) is 0 Å². The average Bonchev–Trinajstić information content (AvgIpc) is 2.63. The molecule has 0 aromatic heterocycles. The molecule has 1 amide bonds. The molecule has 0 unspecified atom stereocenters. The lowest BCUT2D eigenvalue weighted by atomic mass is 9.65. The van der Waals surface area contributed by atoms with Crippen molar-refractivity contribution < 1.29 is 23.1 Å². The Morgan fingerprint density at radius 2 is 1.82 bits per heavy atom. The molecule has 4 nitrogen and oxygen atoms in total. The maximum atomic E-state index is 12.3. The predicted molar refractivity (Wildman–Crippen MR) is 129 cm³/mol. The summed E-state index contributed by atoms with van der Waals surface area (Å²) in [7, 11) is 0. The van der Waals surface area contributed by atoms with Crippen molar-refractivity contribution in [3.63, 3.8) is 0 Å². The van der Waals surface area contributed by atoms with Crippen molar-refractivity contribution in [1.82, 2.24) is 10.6 Å². The first kappa shape index (κ1) is 29.7. The number of hydrogen-bond donors (Lipinski definition) is 3. The van der Waals surface area contributed by atoms with E-state index in [0.29, 0.717) is 5.70 Å². The number of amides is 1. The maximum absolute atomic E-state index is 12.3. The highest BCUT2D eigenvalue weighted by molar-refractivity contribution is 5.86. The second-order valence-electron chi connectivity index (χ2n) is 10.3. The van der Waals surface area contributed by atoms with E-state index < -0.39 is 18.1 Å². The van der Waals surface area contributed by atoms with E-state index >= 15 is 0 Å². The fraction of sp³-hybridized carbons (Fsp3) is 0.808. The van der Waals surface area contributed by atoms with Crippen LogP contribution < -0.4 is 10.6 Å². The largest absolute Gasteiger partial charge is 0.395 e. The summed E-state index contributed by atoms with van der Waals surface area (Å²) in [6.45, 7) is 11.4. The highest BCUT2D eigenvalue weighted by Crippen LogP contribution is 2.46.